The number of ether oxygens (including phenoxy) is 1. The SMILES string of the molecule is O=C(/C=C/c1ccccc1F)N1CCN(c2cc(N3CCOCC3)cnn2)CC1. The number of hydrogen-bond acceptors (Lipinski definition) is 6. The highest BCUT2D eigenvalue weighted by atomic mass is 19.1. The first-order valence-electron chi connectivity index (χ1n) is 9.82. The number of anilines is 2. The highest BCUT2D eigenvalue weighted by Crippen LogP contribution is 2.21. The number of piperazine rings is 1. The Balaban J connectivity index is 1.34. The Morgan fingerprint density at radius 2 is 1.79 bits per heavy atom. The Hall–Kier alpha value is -3.00. The number of amides is 1. The third-order valence-corrected chi connectivity index (χ3v) is 5.23. The van der Waals surface area contributed by atoms with Crippen LogP contribution >= 0.6 is 0 Å². The van der Waals surface area contributed by atoms with Gasteiger partial charge in [-0.3, -0.25) is 4.79 Å². The van der Waals surface area contributed by atoms with Crippen molar-refractivity contribution in [1.29, 1.82) is 0 Å². The molecule has 3 heterocycles. The van der Waals surface area contributed by atoms with Crippen LogP contribution in [0.2, 0.25) is 0 Å². The fourth-order valence-electron chi connectivity index (χ4n) is 3.53. The summed E-state index contributed by atoms with van der Waals surface area (Å²) in [6, 6.07) is 8.46. The first kappa shape index (κ1) is 19.3. The topological polar surface area (TPSA) is 61.8 Å². The molecule has 0 atom stereocenters. The molecule has 8 heteroatoms. The fraction of sp³-hybridized carbons (Fsp3) is 0.381. The van der Waals surface area contributed by atoms with Crippen LogP contribution in [-0.2, 0) is 9.53 Å². The molecule has 0 unspecified atom stereocenters. The van der Waals surface area contributed by atoms with E-state index in [0.29, 0.717) is 31.7 Å². The minimum Gasteiger partial charge on any atom is -0.378 e. The van der Waals surface area contributed by atoms with Crippen molar-refractivity contribution in [2.45, 2.75) is 0 Å². The van der Waals surface area contributed by atoms with Crippen LogP contribution in [0.25, 0.3) is 6.08 Å². The van der Waals surface area contributed by atoms with E-state index in [1.54, 1.807) is 29.3 Å². The van der Waals surface area contributed by atoms with E-state index in [-0.39, 0.29) is 11.7 Å². The average molecular weight is 397 g/mol. The third-order valence-electron chi connectivity index (χ3n) is 5.23. The van der Waals surface area contributed by atoms with Crippen molar-refractivity contribution < 1.29 is 13.9 Å². The first-order valence-corrected chi connectivity index (χ1v) is 9.82. The van der Waals surface area contributed by atoms with Gasteiger partial charge in [0.15, 0.2) is 5.82 Å². The predicted molar refractivity (Wildman–Crippen MR) is 109 cm³/mol. The van der Waals surface area contributed by atoms with Crippen molar-refractivity contribution in [1.82, 2.24) is 15.1 Å². The highest BCUT2D eigenvalue weighted by molar-refractivity contribution is 5.92. The maximum absolute atomic E-state index is 13.7. The van der Waals surface area contributed by atoms with Gasteiger partial charge in [0, 0.05) is 57.0 Å². The molecular formula is C21H24FN5O2. The normalized spacial score (nSPS) is 17.8. The molecule has 0 aliphatic carbocycles. The Labute approximate surface area is 169 Å². The molecule has 1 aromatic carbocycles. The van der Waals surface area contributed by atoms with Crippen molar-refractivity contribution in [3.8, 4) is 0 Å². The second-order valence-electron chi connectivity index (χ2n) is 7.04. The Kier molecular flexibility index (Phi) is 6.00. The number of carbonyl (C=O) groups excluding carboxylic acids is 1. The van der Waals surface area contributed by atoms with Gasteiger partial charge in [-0.1, -0.05) is 18.2 Å². The van der Waals surface area contributed by atoms with E-state index in [1.807, 2.05) is 6.07 Å². The molecule has 2 aliphatic rings. The number of benzene rings is 1. The lowest BCUT2D eigenvalue weighted by Crippen LogP contribution is -2.48. The number of carbonyl (C=O) groups is 1. The predicted octanol–water partition coefficient (Wildman–Crippen LogP) is 1.81. The molecule has 0 radical (unpaired) electrons. The van der Waals surface area contributed by atoms with Crippen LogP contribution in [0.5, 0.6) is 0 Å². The van der Waals surface area contributed by atoms with Crippen molar-refractivity contribution in [2.24, 2.45) is 0 Å². The summed E-state index contributed by atoms with van der Waals surface area (Å²) in [7, 11) is 0. The second-order valence-corrected chi connectivity index (χ2v) is 7.04. The Bertz CT molecular complexity index is 877. The molecule has 7 nitrogen and oxygen atoms in total. The van der Waals surface area contributed by atoms with E-state index < -0.39 is 0 Å². The summed E-state index contributed by atoms with van der Waals surface area (Å²) in [5.74, 6) is 0.379. The molecule has 152 valence electrons. The van der Waals surface area contributed by atoms with Crippen LogP contribution in [-0.4, -0.2) is 73.5 Å². The zero-order valence-corrected chi connectivity index (χ0v) is 16.2. The monoisotopic (exact) mass is 397 g/mol. The van der Waals surface area contributed by atoms with Gasteiger partial charge in [-0.2, -0.15) is 5.10 Å². The lowest BCUT2D eigenvalue weighted by molar-refractivity contribution is -0.126. The van der Waals surface area contributed by atoms with E-state index in [0.717, 1.165) is 37.8 Å². The minimum atomic E-state index is -0.333. The lowest BCUT2D eigenvalue weighted by Gasteiger charge is -2.35. The van der Waals surface area contributed by atoms with E-state index in [4.69, 9.17) is 4.74 Å². The molecule has 0 saturated carbocycles. The van der Waals surface area contributed by atoms with Crippen molar-refractivity contribution >= 4 is 23.5 Å². The zero-order valence-electron chi connectivity index (χ0n) is 16.2. The van der Waals surface area contributed by atoms with Gasteiger partial charge in [-0.15, -0.1) is 5.10 Å². The molecule has 2 aromatic rings. The molecule has 0 spiro atoms. The molecule has 1 aromatic heterocycles. The maximum Gasteiger partial charge on any atom is 0.246 e. The average Bonchev–Trinajstić information content (AvgIpc) is 2.79. The highest BCUT2D eigenvalue weighted by Gasteiger charge is 2.22. The third kappa shape index (κ3) is 4.71. The van der Waals surface area contributed by atoms with E-state index in [9.17, 15) is 9.18 Å². The fourth-order valence-corrected chi connectivity index (χ4v) is 3.53. The molecule has 2 aliphatic heterocycles. The molecule has 1 amide bonds. The van der Waals surface area contributed by atoms with Gasteiger partial charge in [0.25, 0.3) is 0 Å². The zero-order chi connectivity index (χ0) is 20.1. The van der Waals surface area contributed by atoms with Gasteiger partial charge in [-0.25, -0.2) is 4.39 Å². The van der Waals surface area contributed by atoms with Crippen molar-refractivity contribution in [3.63, 3.8) is 0 Å². The maximum atomic E-state index is 13.7. The minimum absolute atomic E-state index is 0.110. The first-order chi connectivity index (χ1) is 14.2. The molecule has 0 bridgehead atoms. The molecule has 0 N–H and O–H groups in total. The summed E-state index contributed by atoms with van der Waals surface area (Å²) < 4.78 is 19.1. The summed E-state index contributed by atoms with van der Waals surface area (Å²) in [5.41, 5.74) is 1.46. The molecular weight excluding hydrogens is 373 g/mol. The van der Waals surface area contributed by atoms with Crippen LogP contribution in [0.1, 0.15) is 5.56 Å². The Morgan fingerprint density at radius 3 is 2.55 bits per heavy atom. The number of morpholine rings is 1. The Morgan fingerprint density at radius 1 is 1.03 bits per heavy atom. The molecule has 2 saturated heterocycles. The summed E-state index contributed by atoms with van der Waals surface area (Å²) in [6.45, 7) is 5.68. The van der Waals surface area contributed by atoms with Gasteiger partial charge >= 0.3 is 0 Å². The molecule has 4 rings (SSSR count). The number of aromatic nitrogens is 2. The van der Waals surface area contributed by atoms with E-state index in [1.165, 1.54) is 18.2 Å². The van der Waals surface area contributed by atoms with Crippen LogP contribution < -0.4 is 9.80 Å². The summed E-state index contributed by atoms with van der Waals surface area (Å²) in [4.78, 5) is 18.6. The van der Waals surface area contributed by atoms with Crippen LogP contribution in [0.4, 0.5) is 15.9 Å². The van der Waals surface area contributed by atoms with Crippen LogP contribution in [0, 0.1) is 5.82 Å². The summed E-state index contributed by atoms with van der Waals surface area (Å²) >= 11 is 0. The van der Waals surface area contributed by atoms with Crippen LogP contribution in [0.15, 0.2) is 42.6 Å². The van der Waals surface area contributed by atoms with Crippen molar-refractivity contribution in [3.05, 3.63) is 54.0 Å². The number of halogens is 1. The van der Waals surface area contributed by atoms with Crippen LogP contribution in [0.3, 0.4) is 0 Å². The second kappa shape index (κ2) is 9.00. The largest absolute Gasteiger partial charge is 0.378 e. The molecule has 2 fully saturated rings. The van der Waals surface area contributed by atoms with Gasteiger partial charge in [0.2, 0.25) is 5.91 Å². The standard InChI is InChI=1S/C21H24FN5O2/c22-19-4-2-1-3-17(19)5-6-21(28)27-9-7-26(8-10-27)20-15-18(16-23-24-20)25-11-13-29-14-12-25/h1-6,15-16H,7-14H2/b6-5+. The van der Waals surface area contributed by atoms with E-state index in [2.05, 4.69) is 20.0 Å². The lowest BCUT2D eigenvalue weighted by atomic mass is 10.2. The number of rotatable bonds is 4. The van der Waals surface area contributed by atoms with Gasteiger partial charge < -0.3 is 19.4 Å². The quantitative estimate of drug-likeness (QED) is 0.734. The van der Waals surface area contributed by atoms with Crippen molar-refractivity contribution in [2.75, 3.05) is 62.3 Å². The van der Waals surface area contributed by atoms with Gasteiger partial charge in [-0.05, 0) is 12.1 Å². The van der Waals surface area contributed by atoms with E-state index >= 15 is 0 Å². The number of hydrogen-bond donors (Lipinski definition) is 0. The van der Waals surface area contributed by atoms with Gasteiger partial charge in [0.05, 0.1) is 25.1 Å². The summed E-state index contributed by atoms with van der Waals surface area (Å²) in [6.07, 6.45) is 4.75. The molecule has 29 heavy (non-hydrogen) atoms. The summed E-state index contributed by atoms with van der Waals surface area (Å²) in [5, 5.41) is 8.43. The number of nitrogens with zero attached hydrogens (tertiary/aromatic N) is 5. The smallest absolute Gasteiger partial charge is 0.246 e. The van der Waals surface area contributed by atoms with Gasteiger partial charge in [0.1, 0.15) is 5.82 Å².